The van der Waals surface area contributed by atoms with E-state index in [1.807, 2.05) is 11.8 Å². The third-order valence-electron chi connectivity index (χ3n) is 3.48. The second kappa shape index (κ2) is 6.18. The average Bonchev–Trinajstić information content (AvgIpc) is 2.42. The molecule has 0 bridgehead atoms. The molecule has 0 spiro atoms. The number of hydrogen-bond acceptors (Lipinski definition) is 2. The number of rotatable bonds is 4. The normalized spacial score (nSPS) is 24.0. The molecule has 0 saturated carbocycles. The van der Waals surface area contributed by atoms with Crippen LogP contribution in [0.2, 0.25) is 0 Å². The van der Waals surface area contributed by atoms with Crippen LogP contribution in [0.4, 0.5) is 0 Å². The molecule has 0 radical (unpaired) electrons. The fourth-order valence-corrected chi connectivity index (χ4v) is 2.19. The van der Waals surface area contributed by atoms with Crippen molar-refractivity contribution in [1.29, 1.82) is 0 Å². The van der Waals surface area contributed by atoms with Gasteiger partial charge in [-0.3, -0.25) is 4.79 Å². The first-order valence-corrected chi connectivity index (χ1v) is 6.52. The maximum Gasteiger partial charge on any atom is 0.222 e. The van der Waals surface area contributed by atoms with Gasteiger partial charge in [0.15, 0.2) is 0 Å². The summed E-state index contributed by atoms with van der Waals surface area (Å²) in [5, 5.41) is 0. The average molecular weight is 242 g/mol. The van der Waals surface area contributed by atoms with E-state index in [0.29, 0.717) is 23.9 Å². The van der Waals surface area contributed by atoms with Crippen molar-refractivity contribution in [3.8, 4) is 0 Å². The minimum Gasteiger partial charge on any atom is -0.393 e. The standard InChI is InChI=1S/C12H22N2OS/c1-3-10-4-5-11(15)14(7-6-10)8-9(2)12(13)16/h9-10H,3-8H2,1-2H3,(H2,13,16). The van der Waals surface area contributed by atoms with E-state index >= 15 is 0 Å². The largest absolute Gasteiger partial charge is 0.393 e. The Morgan fingerprint density at radius 3 is 2.88 bits per heavy atom. The van der Waals surface area contributed by atoms with E-state index in [4.69, 9.17) is 18.0 Å². The molecule has 2 N–H and O–H groups in total. The lowest BCUT2D eigenvalue weighted by molar-refractivity contribution is -0.130. The molecule has 92 valence electrons. The number of thiocarbonyl (C=S) groups is 1. The van der Waals surface area contributed by atoms with Gasteiger partial charge in [-0.1, -0.05) is 32.5 Å². The van der Waals surface area contributed by atoms with Gasteiger partial charge in [-0.25, -0.2) is 0 Å². The molecule has 2 atom stereocenters. The highest BCUT2D eigenvalue weighted by molar-refractivity contribution is 7.80. The van der Waals surface area contributed by atoms with Crippen LogP contribution in [0.25, 0.3) is 0 Å². The van der Waals surface area contributed by atoms with Crippen LogP contribution >= 0.6 is 12.2 Å². The quantitative estimate of drug-likeness (QED) is 0.766. The summed E-state index contributed by atoms with van der Waals surface area (Å²) in [6.07, 6.45) is 4.01. The second-order valence-electron chi connectivity index (χ2n) is 4.74. The van der Waals surface area contributed by atoms with Crippen LogP contribution in [-0.2, 0) is 4.79 Å². The molecule has 1 rings (SSSR count). The first kappa shape index (κ1) is 13.4. The monoisotopic (exact) mass is 242 g/mol. The van der Waals surface area contributed by atoms with Crippen molar-refractivity contribution >= 4 is 23.1 Å². The van der Waals surface area contributed by atoms with E-state index in [1.165, 1.54) is 6.42 Å². The number of amides is 1. The predicted octanol–water partition coefficient (Wildman–Crippen LogP) is 1.95. The first-order valence-electron chi connectivity index (χ1n) is 6.11. The number of hydrogen-bond donors (Lipinski definition) is 1. The van der Waals surface area contributed by atoms with Crippen LogP contribution < -0.4 is 5.73 Å². The van der Waals surface area contributed by atoms with Crippen molar-refractivity contribution in [2.24, 2.45) is 17.6 Å². The Labute approximate surface area is 103 Å². The first-order chi connectivity index (χ1) is 7.54. The van der Waals surface area contributed by atoms with Gasteiger partial charge >= 0.3 is 0 Å². The fourth-order valence-electron chi connectivity index (χ4n) is 2.12. The van der Waals surface area contributed by atoms with Gasteiger partial charge < -0.3 is 10.6 Å². The van der Waals surface area contributed by atoms with Crippen LogP contribution in [0.15, 0.2) is 0 Å². The van der Waals surface area contributed by atoms with E-state index in [1.54, 1.807) is 0 Å². The van der Waals surface area contributed by atoms with Gasteiger partial charge in [0.25, 0.3) is 0 Å². The van der Waals surface area contributed by atoms with Crippen LogP contribution in [-0.4, -0.2) is 28.9 Å². The van der Waals surface area contributed by atoms with Crippen molar-refractivity contribution in [3.63, 3.8) is 0 Å². The van der Waals surface area contributed by atoms with E-state index < -0.39 is 0 Å². The van der Waals surface area contributed by atoms with Crippen LogP contribution in [0, 0.1) is 11.8 Å². The zero-order valence-electron chi connectivity index (χ0n) is 10.2. The Kier molecular flexibility index (Phi) is 5.19. The fraction of sp³-hybridized carbons (Fsp3) is 0.833. The summed E-state index contributed by atoms with van der Waals surface area (Å²) < 4.78 is 0. The smallest absolute Gasteiger partial charge is 0.222 e. The molecule has 0 aliphatic carbocycles. The van der Waals surface area contributed by atoms with Gasteiger partial charge in [0.05, 0.1) is 4.99 Å². The minimum absolute atomic E-state index is 0.122. The Bertz CT molecular complexity index is 268. The molecule has 16 heavy (non-hydrogen) atoms. The predicted molar refractivity (Wildman–Crippen MR) is 70.2 cm³/mol. The van der Waals surface area contributed by atoms with Crippen molar-refractivity contribution < 1.29 is 4.79 Å². The number of carbonyl (C=O) groups excluding carboxylic acids is 1. The van der Waals surface area contributed by atoms with Crippen molar-refractivity contribution in [2.45, 2.75) is 39.5 Å². The molecule has 3 nitrogen and oxygen atoms in total. The van der Waals surface area contributed by atoms with Gasteiger partial charge in [-0.2, -0.15) is 0 Å². The molecule has 1 aliphatic heterocycles. The highest BCUT2D eigenvalue weighted by Gasteiger charge is 2.23. The molecular weight excluding hydrogens is 220 g/mol. The van der Waals surface area contributed by atoms with Gasteiger partial charge in [0.1, 0.15) is 0 Å². The SMILES string of the molecule is CCC1CCC(=O)N(CC(C)C(N)=S)CC1. The number of nitrogens with zero attached hydrogens (tertiary/aromatic N) is 1. The lowest BCUT2D eigenvalue weighted by Gasteiger charge is -2.24. The van der Waals surface area contributed by atoms with Gasteiger partial charge in [-0.15, -0.1) is 0 Å². The molecule has 0 aromatic rings. The summed E-state index contributed by atoms with van der Waals surface area (Å²) in [5.74, 6) is 1.09. The minimum atomic E-state index is 0.122. The molecule has 0 aromatic carbocycles. The van der Waals surface area contributed by atoms with E-state index in [-0.39, 0.29) is 11.8 Å². The Balaban J connectivity index is 2.52. The zero-order valence-corrected chi connectivity index (χ0v) is 11.1. The van der Waals surface area contributed by atoms with E-state index in [9.17, 15) is 4.79 Å². The highest BCUT2D eigenvalue weighted by atomic mass is 32.1. The van der Waals surface area contributed by atoms with E-state index in [0.717, 1.165) is 19.4 Å². The van der Waals surface area contributed by atoms with Crippen molar-refractivity contribution in [2.75, 3.05) is 13.1 Å². The topological polar surface area (TPSA) is 46.3 Å². The van der Waals surface area contributed by atoms with Gasteiger partial charge in [-0.05, 0) is 18.8 Å². The van der Waals surface area contributed by atoms with Crippen molar-refractivity contribution in [3.05, 3.63) is 0 Å². The van der Waals surface area contributed by atoms with Crippen LogP contribution in [0.3, 0.4) is 0 Å². The molecular formula is C12H22N2OS. The summed E-state index contributed by atoms with van der Waals surface area (Å²) in [5.41, 5.74) is 5.58. The molecule has 1 saturated heterocycles. The Hall–Kier alpha value is -0.640. The third-order valence-corrected chi connectivity index (χ3v) is 3.89. The third kappa shape index (κ3) is 3.74. The van der Waals surface area contributed by atoms with Crippen LogP contribution in [0.1, 0.15) is 39.5 Å². The Morgan fingerprint density at radius 2 is 2.31 bits per heavy atom. The van der Waals surface area contributed by atoms with Gasteiger partial charge in [0.2, 0.25) is 5.91 Å². The summed E-state index contributed by atoms with van der Waals surface area (Å²) in [4.78, 5) is 14.3. The maximum absolute atomic E-state index is 11.9. The number of carbonyl (C=O) groups is 1. The molecule has 1 aliphatic rings. The van der Waals surface area contributed by atoms with Gasteiger partial charge in [0, 0.05) is 25.4 Å². The molecule has 1 fully saturated rings. The summed E-state index contributed by atoms with van der Waals surface area (Å²) in [6.45, 7) is 5.73. The molecule has 0 aromatic heterocycles. The zero-order chi connectivity index (χ0) is 12.1. The lowest BCUT2D eigenvalue weighted by atomic mass is 9.98. The lowest BCUT2D eigenvalue weighted by Crippen LogP contribution is -2.37. The maximum atomic E-state index is 11.9. The Morgan fingerprint density at radius 1 is 1.62 bits per heavy atom. The summed E-state index contributed by atoms with van der Waals surface area (Å²) >= 11 is 4.95. The van der Waals surface area contributed by atoms with Crippen LogP contribution in [0.5, 0.6) is 0 Å². The highest BCUT2D eigenvalue weighted by Crippen LogP contribution is 2.21. The summed E-state index contributed by atoms with van der Waals surface area (Å²) in [7, 11) is 0. The molecule has 2 unspecified atom stereocenters. The number of nitrogens with two attached hydrogens (primary N) is 1. The van der Waals surface area contributed by atoms with Crippen molar-refractivity contribution in [1.82, 2.24) is 4.90 Å². The van der Waals surface area contributed by atoms with E-state index in [2.05, 4.69) is 6.92 Å². The summed E-state index contributed by atoms with van der Waals surface area (Å²) in [6, 6.07) is 0. The molecule has 1 heterocycles. The molecule has 1 amide bonds. The molecule has 4 heteroatoms. The number of likely N-dealkylation sites (tertiary alicyclic amines) is 1. The second-order valence-corrected chi connectivity index (χ2v) is 5.22.